The molecule has 24 heavy (non-hydrogen) atoms. The average Bonchev–Trinajstić information content (AvgIpc) is 3.09. The van der Waals surface area contributed by atoms with Crippen LogP contribution in [0.15, 0.2) is 22.6 Å². The Balaban J connectivity index is 1.42. The molecule has 4 rings (SSSR count). The molecule has 0 N–H and O–H groups in total. The first-order valence-corrected chi connectivity index (χ1v) is 9.40. The summed E-state index contributed by atoms with van der Waals surface area (Å²) in [4.78, 5) is 32.1. The Kier molecular flexibility index (Phi) is 4.37. The molecule has 0 spiro atoms. The second kappa shape index (κ2) is 6.64. The number of carbonyl (C=O) groups excluding carboxylic acids is 1. The molecule has 0 bridgehead atoms. The van der Waals surface area contributed by atoms with Gasteiger partial charge in [0.2, 0.25) is 5.91 Å². The maximum absolute atomic E-state index is 12.7. The molecule has 1 saturated carbocycles. The lowest BCUT2D eigenvalue weighted by molar-refractivity contribution is -0.132. The van der Waals surface area contributed by atoms with Crippen molar-refractivity contribution >= 4 is 27.5 Å². The van der Waals surface area contributed by atoms with Gasteiger partial charge in [-0.05, 0) is 30.7 Å². The van der Waals surface area contributed by atoms with E-state index in [2.05, 4.69) is 4.98 Å². The van der Waals surface area contributed by atoms with E-state index in [0.717, 1.165) is 43.9 Å². The van der Waals surface area contributed by atoms with E-state index in [9.17, 15) is 9.59 Å². The number of fused-ring (bicyclic) bond motifs is 1. The van der Waals surface area contributed by atoms with E-state index in [1.807, 2.05) is 10.3 Å². The third kappa shape index (κ3) is 3.23. The summed E-state index contributed by atoms with van der Waals surface area (Å²) >= 11 is 1.46. The highest BCUT2D eigenvalue weighted by Gasteiger charge is 2.34. The highest BCUT2D eigenvalue weighted by Crippen LogP contribution is 2.29. The molecule has 1 saturated heterocycles. The topological polar surface area (TPSA) is 64.4 Å². The molecule has 3 heterocycles. The Morgan fingerprint density at radius 3 is 3.04 bits per heavy atom. The van der Waals surface area contributed by atoms with E-state index in [1.54, 1.807) is 17.0 Å². The van der Waals surface area contributed by atoms with E-state index < -0.39 is 0 Å². The van der Waals surface area contributed by atoms with Gasteiger partial charge in [0.1, 0.15) is 4.83 Å². The van der Waals surface area contributed by atoms with Crippen molar-refractivity contribution in [1.29, 1.82) is 0 Å². The maximum Gasteiger partial charge on any atom is 0.262 e. The number of nitrogens with zero attached hydrogens (tertiary/aromatic N) is 3. The third-order valence-electron chi connectivity index (χ3n) is 4.80. The fourth-order valence-electron chi connectivity index (χ4n) is 3.26. The van der Waals surface area contributed by atoms with Crippen LogP contribution in [0.4, 0.5) is 0 Å². The highest BCUT2D eigenvalue weighted by molar-refractivity contribution is 7.16. The van der Waals surface area contributed by atoms with Crippen molar-refractivity contribution in [2.45, 2.75) is 38.3 Å². The zero-order valence-electron chi connectivity index (χ0n) is 13.5. The van der Waals surface area contributed by atoms with Gasteiger partial charge in [0.25, 0.3) is 5.56 Å². The van der Waals surface area contributed by atoms with Crippen molar-refractivity contribution in [3.8, 4) is 0 Å². The molecule has 6 nitrogen and oxygen atoms in total. The van der Waals surface area contributed by atoms with E-state index in [-0.39, 0.29) is 11.5 Å². The molecule has 2 aromatic heterocycles. The van der Waals surface area contributed by atoms with Gasteiger partial charge in [-0.3, -0.25) is 14.2 Å². The number of amides is 1. The predicted molar refractivity (Wildman–Crippen MR) is 92.2 cm³/mol. The Bertz CT molecular complexity index is 790. The van der Waals surface area contributed by atoms with Gasteiger partial charge < -0.3 is 9.64 Å². The van der Waals surface area contributed by atoms with Gasteiger partial charge >= 0.3 is 0 Å². The lowest BCUT2D eigenvalue weighted by Crippen LogP contribution is -2.38. The standard InChI is InChI=1S/C17H21N3O3S/c21-15(20(13-1-2-13)9-12-4-7-23-10-12)3-6-19-11-18-16-14(17(19)22)5-8-24-16/h5,8,11-13H,1-4,6-7,9-10H2. The summed E-state index contributed by atoms with van der Waals surface area (Å²) in [5.74, 6) is 0.600. The van der Waals surface area contributed by atoms with E-state index >= 15 is 0 Å². The van der Waals surface area contributed by atoms with E-state index in [4.69, 9.17) is 4.74 Å². The molecule has 1 atom stereocenters. The molecule has 2 fully saturated rings. The first-order valence-electron chi connectivity index (χ1n) is 8.52. The van der Waals surface area contributed by atoms with E-state index in [1.165, 1.54) is 11.3 Å². The quantitative estimate of drug-likeness (QED) is 0.800. The summed E-state index contributed by atoms with van der Waals surface area (Å²) in [6.45, 7) is 2.74. The molecular formula is C17H21N3O3S. The summed E-state index contributed by atoms with van der Waals surface area (Å²) in [7, 11) is 0. The summed E-state index contributed by atoms with van der Waals surface area (Å²) in [6.07, 6.45) is 5.14. The summed E-state index contributed by atoms with van der Waals surface area (Å²) in [6, 6.07) is 2.19. The number of hydrogen-bond acceptors (Lipinski definition) is 5. The molecule has 0 aromatic carbocycles. The second-order valence-corrected chi connectivity index (χ2v) is 7.53. The normalized spacial score (nSPS) is 20.6. The smallest absolute Gasteiger partial charge is 0.262 e. The van der Waals surface area contributed by atoms with Crippen molar-refractivity contribution in [3.63, 3.8) is 0 Å². The van der Waals surface area contributed by atoms with Crippen LogP contribution in [0.3, 0.4) is 0 Å². The van der Waals surface area contributed by atoms with Crippen LogP contribution < -0.4 is 5.56 Å². The summed E-state index contributed by atoms with van der Waals surface area (Å²) < 4.78 is 6.98. The van der Waals surface area contributed by atoms with Gasteiger partial charge in [-0.25, -0.2) is 4.98 Å². The molecule has 1 unspecified atom stereocenters. The van der Waals surface area contributed by atoms with E-state index in [0.29, 0.717) is 30.3 Å². The zero-order valence-corrected chi connectivity index (χ0v) is 14.3. The number of rotatable bonds is 6. The molecule has 7 heteroatoms. The van der Waals surface area contributed by atoms with Crippen LogP contribution >= 0.6 is 11.3 Å². The van der Waals surface area contributed by atoms with Gasteiger partial charge in [-0.15, -0.1) is 11.3 Å². The Hall–Kier alpha value is -1.73. The minimum atomic E-state index is -0.0591. The molecule has 0 radical (unpaired) electrons. The largest absolute Gasteiger partial charge is 0.381 e. The van der Waals surface area contributed by atoms with Gasteiger partial charge in [-0.2, -0.15) is 0 Å². The number of aromatic nitrogens is 2. The average molecular weight is 347 g/mol. The van der Waals surface area contributed by atoms with Gasteiger partial charge in [-0.1, -0.05) is 0 Å². The second-order valence-electron chi connectivity index (χ2n) is 6.64. The first kappa shape index (κ1) is 15.8. The Morgan fingerprint density at radius 1 is 1.42 bits per heavy atom. The Labute approximate surface area is 144 Å². The van der Waals surface area contributed by atoms with Gasteiger partial charge in [0.05, 0.1) is 18.3 Å². The first-order chi connectivity index (χ1) is 11.7. The summed E-state index contributed by atoms with van der Waals surface area (Å²) in [5, 5.41) is 2.50. The van der Waals surface area contributed by atoms with Crippen molar-refractivity contribution < 1.29 is 9.53 Å². The third-order valence-corrected chi connectivity index (χ3v) is 5.62. The van der Waals surface area contributed by atoms with Crippen LogP contribution in [0, 0.1) is 5.92 Å². The zero-order chi connectivity index (χ0) is 16.5. The van der Waals surface area contributed by atoms with Crippen LogP contribution in [-0.4, -0.2) is 46.2 Å². The van der Waals surface area contributed by atoms with Crippen LogP contribution in [0.5, 0.6) is 0 Å². The van der Waals surface area contributed by atoms with Crippen LogP contribution in [0.25, 0.3) is 10.2 Å². The lowest BCUT2D eigenvalue weighted by atomic mass is 10.1. The van der Waals surface area contributed by atoms with Gasteiger partial charge in [0.15, 0.2) is 0 Å². The SMILES string of the molecule is O=C(CCn1cnc2sccc2c1=O)N(CC1CCOC1)C1CC1. The molecule has 1 aliphatic carbocycles. The molecule has 1 aliphatic heterocycles. The predicted octanol–water partition coefficient (Wildman–Crippen LogP) is 1.88. The number of thiophene rings is 1. The molecular weight excluding hydrogens is 326 g/mol. The van der Waals surface area contributed by atoms with Crippen LogP contribution in [0.2, 0.25) is 0 Å². The van der Waals surface area contributed by atoms with Crippen LogP contribution in [-0.2, 0) is 16.1 Å². The molecule has 2 aromatic rings. The molecule has 2 aliphatic rings. The minimum absolute atomic E-state index is 0.0591. The molecule has 128 valence electrons. The number of hydrogen-bond donors (Lipinski definition) is 0. The van der Waals surface area contributed by atoms with Crippen molar-refractivity contribution in [3.05, 3.63) is 28.1 Å². The summed E-state index contributed by atoms with van der Waals surface area (Å²) in [5.41, 5.74) is -0.0591. The van der Waals surface area contributed by atoms with Crippen molar-refractivity contribution in [2.75, 3.05) is 19.8 Å². The van der Waals surface area contributed by atoms with Crippen molar-refractivity contribution in [1.82, 2.24) is 14.5 Å². The lowest BCUT2D eigenvalue weighted by Gasteiger charge is -2.25. The number of aryl methyl sites for hydroxylation is 1. The fraction of sp³-hybridized carbons (Fsp3) is 0.588. The maximum atomic E-state index is 12.7. The monoisotopic (exact) mass is 347 g/mol. The molecule has 1 amide bonds. The number of ether oxygens (including phenoxy) is 1. The van der Waals surface area contributed by atoms with Crippen molar-refractivity contribution in [2.24, 2.45) is 5.92 Å². The van der Waals surface area contributed by atoms with Crippen LogP contribution in [0.1, 0.15) is 25.7 Å². The highest BCUT2D eigenvalue weighted by atomic mass is 32.1. The minimum Gasteiger partial charge on any atom is -0.381 e. The van der Waals surface area contributed by atoms with Gasteiger partial charge in [0, 0.05) is 38.1 Å². The Morgan fingerprint density at radius 2 is 2.29 bits per heavy atom. The fourth-order valence-corrected chi connectivity index (χ4v) is 3.98. The number of carbonyl (C=O) groups is 1.